The minimum absolute atomic E-state index is 0.0294. The maximum absolute atomic E-state index is 12.8. The highest BCUT2D eigenvalue weighted by Crippen LogP contribution is 2.30. The van der Waals surface area contributed by atoms with E-state index in [1.54, 1.807) is 12.1 Å². The molecule has 4 rings (SSSR count). The van der Waals surface area contributed by atoms with E-state index in [1.165, 1.54) is 29.2 Å². The van der Waals surface area contributed by atoms with Crippen molar-refractivity contribution in [2.75, 3.05) is 6.54 Å². The summed E-state index contributed by atoms with van der Waals surface area (Å²) in [7, 11) is -3.93. The van der Waals surface area contributed by atoms with Crippen molar-refractivity contribution in [2.24, 2.45) is 5.73 Å². The second kappa shape index (κ2) is 11.1. The van der Waals surface area contributed by atoms with E-state index in [-0.39, 0.29) is 27.5 Å². The van der Waals surface area contributed by atoms with Crippen molar-refractivity contribution in [1.82, 2.24) is 14.6 Å². The number of aromatic hydroxyl groups is 1. The van der Waals surface area contributed by atoms with Crippen LogP contribution in [0.2, 0.25) is 5.15 Å². The largest absolute Gasteiger partial charge is 0.508 e. The molecule has 11 nitrogen and oxygen atoms in total. The summed E-state index contributed by atoms with van der Waals surface area (Å²) in [6.45, 7) is 0.397. The number of amides is 1. The van der Waals surface area contributed by atoms with Crippen molar-refractivity contribution in [3.8, 4) is 5.75 Å². The number of carboxylic acid groups (broad SMARTS) is 1. The Kier molecular flexibility index (Phi) is 8.50. The van der Waals surface area contributed by atoms with Gasteiger partial charge in [-0.15, -0.1) is 11.3 Å². The number of phenolic OH excluding ortho intramolecular Hbond substituents is 1. The van der Waals surface area contributed by atoms with Gasteiger partial charge in [-0.05, 0) is 42.8 Å². The number of pyridine rings is 1. The summed E-state index contributed by atoms with van der Waals surface area (Å²) in [4.78, 5) is 27.2. The molecule has 3 aromatic rings. The number of carboxylic acids is 1. The summed E-state index contributed by atoms with van der Waals surface area (Å²) >= 11 is 6.91. The SMILES string of the molecule is N=C(N)c1ccc(O)c(CN2CC[C@H](NS(=O)(=O)c3cc4nc(Cl)ccc4s3)C2=O)c1.O=C(O)C(F)(F)F. The number of phenols is 1. The Bertz CT molecular complexity index is 1510. The number of amidine groups is 1. The van der Waals surface area contributed by atoms with Crippen LogP contribution in [0.1, 0.15) is 17.5 Å². The molecule has 0 unspecified atom stereocenters. The van der Waals surface area contributed by atoms with Crippen molar-refractivity contribution in [3.05, 3.63) is 52.7 Å². The topological polar surface area (TPSA) is 187 Å². The van der Waals surface area contributed by atoms with Crippen LogP contribution in [0.3, 0.4) is 0 Å². The lowest BCUT2D eigenvalue weighted by Crippen LogP contribution is -2.41. The molecule has 0 bridgehead atoms. The molecule has 1 aromatic carbocycles. The summed E-state index contributed by atoms with van der Waals surface area (Å²) < 4.78 is 60.6. The highest BCUT2D eigenvalue weighted by atomic mass is 35.5. The van der Waals surface area contributed by atoms with Gasteiger partial charge >= 0.3 is 12.1 Å². The Morgan fingerprint density at radius 1 is 1.29 bits per heavy atom. The fourth-order valence-electron chi connectivity index (χ4n) is 3.34. The fraction of sp³-hybridized carbons (Fsp3) is 0.238. The third-order valence-corrected chi connectivity index (χ3v) is 8.42. The molecule has 0 spiro atoms. The number of benzene rings is 1. The summed E-state index contributed by atoms with van der Waals surface area (Å²) in [6, 6.07) is 8.25. The molecule has 204 valence electrons. The van der Waals surface area contributed by atoms with Crippen LogP contribution in [-0.4, -0.2) is 65.0 Å². The van der Waals surface area contributed by atoms with E-state index >= 15 is 0 Å². The lowest BCUT2D eigenvalue weighted by Gasteiger charge is -2.18. The number of hydrogen-bond donors (Lipinski definition) is 5. The number of carbonyl (C=O) groups is 2. The molecule has 0 saturated carbocycles. The zero-order valence-corrected chi connectivity index (χ0v) is 21.4. The van der Waals surface area contributed by atoms with Crippen LogP contribution in [0.25, 0.3) is 10.2 Å². The maximum Gasteiger partial charge on any atom is 0.490 e. The van der Waals surface area contributed by atoms with E-state index in [9.17, 15) is 31.5 Å². The first-order valence-electron chi connectivity index (χ1n) is 10.4. The number of alkyl halides is 3. The Morgan fingerprint density at radius 2 is 1.95 bits per heavy atom. The minimum Gasteiger partial charge on any atom is -0.508 e. The van der Waals surface area contributed by atoms with Crippen molar-refractivity contribution >= 4 is 60.9 Å². The number of nitrogens with zero attached hydrogens (tertiary/aromatic N) is 2. The first-order chi connectivity index (χ1) is 17.6. The minimum atomic E-state index is -5.08. The molecule has 38 heavy (non-hydrogen) atoms. The van der Waals surface area contributed by atoms with Crippen molar-refractivity contribution in [1.29, 1.82) is 5.41 Å². The lowest BCUT2D eigenvalue weighted by molar-refractivity contribution is -0.192. The Labute approximate surface area is 222 Å². The van der Waals surface area contributed by atoms with Crippen LogP contribution in [0.4, 0.5) is 13.2 Å². The summed E-state index contributed by atoms with van der Waals surface area (Å²) in [6.07, 6.45) is -4.79. The molecule has 1 aliphatic rings. The quantitative estimate of drug-likeness (QED) is 0.164. The molecule has 1 atom stereocenters. The molecule has 6 N–H and O–H groups in total. The number of sulfonamides is 1. The van der Waals surface area contributed by atoms with Crippen LogP contribution in [0.5, 0.6) is 5.75 Å². The van der Waals surface area contributed by atoms with E-state index in [0.29, 0.717) is 34.3 Å². The smallest absolute Gasteiger partial charge is 0.490 e. The number of aliphatic carboxylic acids is 1. The van der Waals surface area contributed by atoms with Gasteiger partial charge in [0.05, 0.1) is 10.2 Å². The first kappa shape index (κ1) is 29.1. The van der Waals surface area contributed by atoms with E-state index < -0.39 is 34.1 Å². The van der Waals surface area contributed by atoms with Gasteiger partial charge < -0.3 is 20.8 Å². The average Bonchev–Trinajstić information content (AvgIpc) is 3.39. The van der Waals surface area contributed by atoms with Gasteiger partial charge in [0, 0.05) is 24.2 Å². The highest BCUT2D eigenvalue weighted by molar-refractivity contribution is 7.91. The molecule has 3 heterocycles. The van der Waals surface area contributed by atoms with Crippen LogP contribution >= 0.6 is 22.9 Å². The molecule has 2 aromatic heterocycles. The Hall–Kier alpha value is -3.47. The number of carbonyl (C=O) groups excluding carboxylic acids is 1. The Balaban J connectivity index is 0.000000505. The molecular formula is C21H19ClF3N5O6S2. The number of aromatic nitrogens is 1. The van der Waals surface area contributed by atoms with Crippen molar-refractivity contribution in [3.63, 3.8) is 0 Å². The second-order valence-electron chi connectivity index (χ2n) is 7.87. The van der Waals surface area contributed by atoms with Crippen LogP contribution in [0, 0.1) is 5.41 Å². The van der Waals surface area contributed by atoms with E-state index in [1.807, 2.05) is 0 Å². The molecule has 1 saturated heterocycles. The highest BCUT2D eigenvalue weighted by Gasteiger charge is 2.38. The van der Waals surface area contributed by atoms with Crippen LogP contribution < -0.4 is 10.5 Å². The number of nitrogens with one attached hydrogen (secondary N) is 2. The number of rotatable bonds is 6. The predicted molar refractivity (Wildman–Crippen MR) is 132 cm³/mol. The van der Waals surface area contributed by atoms with Gasteiger partial charge in [-0.1, -0.05) is 11.6 Å². The average molecular weight is 594 g/mol. The van der Waals surface area contributed by atoms with Gasteiger partial charge in [-0.25, -0.2) is 18.2 Å². The molecule has 17 heteroatoms. The van der Waals surface area contributed by atoms with Gasteiger partial charge in [0.2, 0.25) is 5.91 Å². The number of nitrogens with two attached hydrogens (primary N) is 1. The number of nitrogen functional groups attached to an aromatic ring is 1. The van der Waals surface area contributed by atoms with Crippen LogP contribution in [0.15, 0.2) is 40.6 Å². The monoisotopic (exact) mass is 593 g/mol. The maximum atomic E-state index is 12.8. The zero-order chi connectivity index (χ0) is 28.4. The van der Waals surface area contributed by atoms with Gasteiger partial charge in [0.15, 0.2) is 0 Å². The lowest BCUT2D eigenvalue weighted by atomic mass is 10.1. The number of halogens is 4. The first-order valence-corrected chi connectivity index (χ1v) is 13.1. The summed E-state index contributed by atoms with van der Waals surface area (Å²) in [5.74, 6) is -3.33. The van der Waals surface area contributed by atoms with Crippen molar-refractivity contribution < 1.29 is 41.4 Å². The van der Waals surface area contributed by atoms with E-state index in [4.69, 9.17) is 32.6 Å². The van der Waals surface area contributed by atoms with Crippen molar-refractivity contribution in [2.45, 2.75) is 29.4 Å². The molecule has 0 aliphatic carbocycles. The number of fused-ring (bicyclic) bond motifs is 1. The molecule has 1 amide bonds. The van der Waals surface area contributed by atoms with E-state index in [2.05, 4.69) is 9.71 Å². The van der Waals surface area contributed by atoms with Crippen LogP contribution in [-0.2, 0) is 26.2 Å². The number of likely N-dealkylation sites (tertiary alicyclic amines) is 1. The molecule has 1 fully saturated rings. The second-order valence-corrected chi connectivity index (χ2v) is 11.3. The summed E-state index contributed by atoms with van der Waals surface area (Å²) in [5.41, 5.74) is 6.81. The number of hydrogen-bond acceptors (Lipinski definition) is 8. The Morgan fingerprint density at radius 3 is 2.55 bits per heavy atom. The third kappa shape index (κ3) is 6.89. The standard InChI is InChI=1S/C19H18ClN5O4S2.C2HF3O2/c20-16-4-3-15-13(23-16)8-17(30-15)31(28,29)24-12-5-6-25(19(12)27)9-11-7-10(18(21)22)1-2-14(11)26;3-2(4,5)1(6)7/h1-4,7-8,12,24,26H,5-6,9H2,(H3,21,22);(H,6,7)/t12-;/m0./s1. The molecular weight excluding hydrogens is 575 g/mol. The third-order valence-electron chi connectivity index (χ3n) is 5.17. The molecule has 0 radical (unpaired) electrons. The van der Waals surface area contributed by atoms with Gasteiger partial charge in [0.1, 0.15) is 27.0 Å². The fourth-order valence-corrected chi connectivity index (χ4v) is 6.06. The zero-order valence-electron chi connectivity index (χ0n) is 19.0. The predicted octanol–water partition coefficient (Wildman–Crippen LogP) is 2.65. The molecule has 1 aliphatic heterocycles. The van der Waals surface area contributed by atoms with Gasteiger partial charge in [-0.2, -0.15) is 17.9 Å². The van der Waals surface area contributed by atoms with Gasteiger partial charge in [0.25, 0.3) is 10.0 Å². The van der Waals surface area contributed by atoms with E-state index in [0.717, 1.165) is 11.3 Å². The van der Waals surface area contributed by atoms with Gasteiger partial charge in [-0.3, -0.25) is 10.2 Å². The summed E-state index contributed by atoms with van der Waals surface area (Å²) in [5, 5.41) is 25.0. The number of thiophene rings is 1. The normalized spacial score (nSPS) is 15.8.